The molecule has 1 fully saturated rings. The Bertz CT molecular complexity index is 1060. The first-order chi connectivity index (χ1) is 15.9. The van der Waals surface area contributed by atoms with Crippen molar-refractivity contribution in [2.75, 3.05) is 10.6 Å². The van der Waals surface area contributed by atoms with Crippen molar-refractivity contribution in [1.82, 2.24) is 4.90 Å². The first-order valence-corrected chi connectivity index (χ1v) is 12.0. The zero-order valence-corrected chi connectivity index (χ0v) is 19.7. The number of hydrogen-bond acceptors (Lipinski definition) is 3. The highest BCUT2D eigenvalue weighted by atomic mass is 16.2. The Kier molecular flexibility index (Phi) is 6.54. The second-order valence-corrected chi connectivity index (χ2v) is 9.37. The number of anilines is 2. The van der Waals surface area contributed by atoms with E-state index in [4.69, 9.17) is 0 Å². The zero-order valence-electron chi connectivity index (χ0n) is 19.7. The van der Waals surface area contributed by atoms with E-state index in [0.717, 1.165) is 44.1 Å². The van der Waals surface area contributed by atoms with E-state index in [1.54, 1.807) is 18.2 Å². The van der Waals surface area contributed by atoms with Gasteiger partial charge in [-0.05, 0) is 56.0 Å². The SMILES string of the molecule is CCC(C)N1C(=O)c2ccccc2C(C(=O)Nc2cccc(NC(C)=O)c2)C12CCCCC2. The average Bonchev–Trinajstić information content (AvgIpc) is 2.79. The van der Waals surface area contributed by atoms with Gasteiger partial charge in [-0.25, -0.2) is 0 Å². The minimum atomic E-state index is -0.529. The van der Waals surface area contributed by atoms with Crippen LogP contribution in [0.4, 0.5) is 11.4 Å². The summed E-state index contributed by atoms with van der Waals surface area (Å²) in [6, 6.07) is 14.8. The molecule has 2 unspecified atom stereocenters. The first-order valence-electron chi connectivity index (χ1n) is 12.0. The molecular formula is C27H33N3O3. The van der Waals surface area contributed by atoms with Crippen LogP contribution in [0.5, 0.6) is 0 Å². The highest BCUT2D eigenvalue weighted by Gasteiger charge is 2.55. The Morgan fingerprint density at radius 2 is 1.70 bits per heavy atom. The monoisotopic (exact) mass is 447 g/mol. The van der Waals surface area contributed by atoms with Gasteiger partial charge in [0.2, 0.25) is 11.8 Å². The Labute approximate surface area is 195 Å². The molecule has 2 atom stereocenters. The number of nitrogens with zero attached hydrogens (tertiary/aromatic N) is 1. The highest BCUT2D eigenvalue weighted by Crippen LogP contribution is 2.50. The van der Waals surface area contributed by atoms with Crippen molar-refractivity contribution in [3.05, 3.63) is 59.7 Å². The number of fused-ring (bicyclic) bond motifs is 1. The lowest BCUT2D eigenvalue weighted by Gasteiger charge is -2.55. The van der Waals surface area contributed by atoms with Crippen molar-refractivity contribution in [3.8, 4) is 0 Å². The number of carbonyl (C=O) groups excluding carboxylic acids is 3. The summed E-state index contributed by atoms with van der Waals surface area (Å²) >= 11 is 0. The van der Waals surface area contributed by atoms with Crippen LogP contribution in [0.2, 0.25) is 0 Å². The van der Waals surface area contributed by atoms with Crippen LogP contribution < -0.4 is 10.6 Å². The lowest BCUT2D eigenvalue weighted by atomic mass is 9.64. The number of carbonyl (C=O) groups is 3. The molecule has 4 rings (SSSR count). The standard InChI is InChI=1S/C27H33N3O3/c1-4-18(2)30-26(33)23-14-7-6-13-22(23)24(27(30)15-8-5-9-16-27)25(32)29-21-12-10-11-20(17-21)28-19(3)31/h6-7,10-14,17-18,24H,4-5,8-9,15-16H2,1-3H3,(H,28,31)(H,29,32). The van der Waals surface area contributed by atoms with Gasteiger partial charge in [-0.3, -0.25) is 14.4 Å². The molecule has 2 aliphatic rings. The Hall–Kier alpha value is -3.15. The second-order valence-electron chi connectivity index (χ2n) is 9.37. The summed E-state index contributed by atoms with van der Waals surface area (Å²) in [5, 5.41) is 5.86. The summed E-state index contributed by atoms with van der Waals surface area (Å²) in [7, 11) is 0. The number of amides is 3. The van der Waals surface area contributed by atoms with Crippen LogP contribution in [0.3, 0.4) is 0 Å². The van der Waals surface area contributed by atoms with Crippen molar-refractivity contribution < 1.29 is 14.4 Å². The third-order valence-corrected chi connectivity index (χ3v) is 7.20. The predicted octanol–water partition coefficient (Wildman–Crippen LogP) is 5.32. The van der Waals surface area contributed by atoms with Gasteiger partial charge in [-0.2, -0.15) is 0 Å². The van der Waals surface area contributed by atoms with Crippen molar-refractivity contribution in [2.24, 2.45) is 0 Å². The summed E-state index contributed by atoms with van der Waals surface area (Å²) in [5.74, 6) is -0.683. The predicted molar refractivity (Wildman–Crippen MR) is 130 cm³/mol. The van der Waals surface area contributed by atoms with Gasteiger partial charge in [0.15, 0.2) is 0 Å². The molecule has 6 nitrogen and oxygen atoms in total. The molecule has 0 saturated heterocycles. The van der Waals surface area contributed by atoms with Crippen LogP contribution in [0.1, 0.15) is 81.1 Å². The van der Waals surface area contributed by atoms with Crippen molar-refractivity contribution in [3.63, 3.8) is 0 Å². The molecule has 1 saturated carbocycles. The maximum Gasteiger partial charge on any atom is 0.254 e. The lowest BCUT2D eigenvalue weighted by Crippen LogP contribution is -2.64. The van der Waals surface area contributed by atoms with Crippen molar-refractivity contribution in [2.45, 2.75) is 76.8 Å². The van der Waals surface area contributed by atoms with Crippen molar-refractivity contribution in [1.29, 1.82) is 0 Å². The third-order valence-electron chi connectivity index (χ3n) is 7.20. The van der Waals surface area contributed by atoms with E-state index >= 15 is 0 Å². The summed E-state index contributed by atoms with van der Waals surface area (Å²) in [6.45, 7) is 5.64. The van der Waals surface area contributed by atoms with Crippen LogP contribution in [0, 0.1) is 0 Å². The summed E-state index contributed by atoms with van der Waals surface area (Å²) < 4.78 is 0. The largest absolute Gasteiger partial charge is 0.329 e. The quantitative estimate of drug-likeness (QED) is 0.651. The average molecular weight is 448 g/mol. The molecule has 1 spiro atoms. The van der Waals surface area contributed by atoms with Crippen LogP contribution in [-0.4, -0.2) is 34.2 Å². The van der Waals surface area contributed by atoms with Crippen LogP contribution >= 0.6 is 0 Å². The lowest BCUT2D eigenvalue weighted by molar-refractivity contribution is -0.123. The fraction of sp³-hybridized carbons (Fsp3) is 0.444. The number of hydrogen-bond donors (Lipinski definition) is 2. The van der Waals surface area contributed by atoms with Crippen LogP contribution in [0.25, 0.3) is 0 Å². The molecule has 0 aromatic heterocycles. The molecule has 1 aliphatic carbocycles. The molecule has 1 heterocycles. The number of benzene rings is 2. The van der Waals surface area contributed by atoms with Gasteiger partial charge in [0, 0.05) is 29.9 Å². The Balaban J connectivity index is 1.78. The van der Waals surface area contributed by atoms with Gasteiger partial charge in [-0.1, -0.05) is 50.5 Å². The first kappa shape index (κ1) is 23.0. The van der Waals surface area contributed by atoms with Crippen LogP contribution in [0.15, 0.2) is 48.5 Å². The summed E-state index contributed by atoms with van der Waals surface area (Å²) in [5.41, 5.74) is 2.17. The molecule has 1 aliphatic heterocycles. The van der Waals surface area contributed by atoms with E-state index in [-0.39, 0.29) is 23.8 Å². The molecule has 3 amide bonds. The minimum absolute atomic E-state index is 0.0403. The van der Waals surface area contributed by atoms with E-state index in [2.05, 4.69) is 24.5 Å². The normalized spacial score (nSPS) is 20.2. The van der Waals surface area contributed by atoms with E-state index in [1.807, 2.05) is 35.2 Å². The fourth-order valence-corrected chi connectivity index (χ4v) is 5.70. The van der Waals surface area contributed by atoms with E-state index in [9.17, 15) is 14.4 Å². The molecule has 174 valence electrons. The smallest absolute Gasteiger partial charge is 0.254 e. The van der Waals surface area contributed by atoms with Gasteiger partial charge in [0.1, 0.15) is 0 Å². The zero-order chi connectivity index (χ0) is 23.6. The maximum atomic E-state index is 14.0. The van der Waals surface area contributed by atoms with Gasteiger partial charge >= 0.3 is 0 Å². The Morgan fingerprint density at radius 1 is 1.03 bits per heavy atom. The molecular weight excluding hydrogens is 414 g/mol. The summed E-state index contributed by atoms with van der Waals surface area (Å²) in [4.78, 5) is 41.2. The van der Waals surface area contributed by atoms with Gasteiger partial charge < -0.3 is 15.5 Å². The summed E-state index contributed by atoms with van der Waals surface area (Å²) in [6.07, 6.45) is 5.61. The molecule has 6 heteroatoms. The van der Waals surface area contributed by atoms with Crippen LogP contribution in [-0.2, 0) is 9.59 Å². The maximum absolute atomic E-state index is 14.0. The molecule has 33 heavy (non-hydrogen) atoms. The van der Waals surface area contributed by atoms with Gasteiger partial charge in [0.25, 0.3) is 5.91 Å². The van der Waals surface area contributed by atoms with Crippen molar-refractivity contribution >= 4 is 29.1 Å². The molecule has 0 bridgehead atoms. The van der Waals surface area contributed by atoms with Gasteiger partial charge in [-0.15, -0.1) is 0 Å². The topological polar surface area (TPSA) is 78.5 Å². The fourth-order valence-electron chi connectivity index (χ4n) is 5.70. The second kappa shape index (κ2) is 9.38. The van der Waals surface area contributed by atoms with E-state index < -0.39 is 11.5 Å². The minimum Gasteiger partial charge on any atom is -0.329 e. The Morgan fingerprint density at radius 3 is 2.36 bits per heavy atom. The van der Waals surface area contributed by atoms with E-state index in [0.29, 0.717) is 16.9 Å². The van der Waals surface area contributed by atoms with E-state index in [1.165, 1.54) is 6.92 Å². The molecule has 2 N–H and O–H groups in total. The molecule has 2 aromatic rings. The molecule has 2 aromatic carbocycles. The van der Waals surface area contributed by atoms with Gasteiger partial charge in [0.05, 0.1) is 11.5 Å². The molecule has 0 radical (unpaired) electrons. The highest BCUT2D eigenvalue weighted by molar-refractivity contribution is 6.05. The number of nitrogens with one attached hydrogen (secondary N) is 2. The number of rotatable bonds is 5. The third kappa shape index (κ3) is 4.26.